The van der Waals surface area contributed by atoms with Crippen LogP contribution in [-0.4, -0.2) is 26.9 Å². The summed E-state index contributed by atoms with van der Waals surface area (Å²) < 4.78 is 0. The number of carbonyl (C=O) groups is 1. The van der Waals surface area contributed by atoms with E-state index >= 15 is 0 Å². The normalized spacial score (nSPS) is 13.4. The molecule has 0 bridgehead atoms. The number of benzene rings is 1. The standard InChI is InChI=1S/C19H21N5O/c1-3-12(2)16(17(20)25)23-19-14-6-4-5-7-15(14)22-18(24-19)13-8-10-21-11-9-13/h4-12,16H,3H2,1-2H3,(H2,20,25)(H,22,23,24). The second-order valence-electron chi connectivity index (χ2n) is 6.06. The zero-order chi connectivity index (χ0) is 17.8. The van der Waals surface area contributed by atoms with Crippen LogP contribution in [0.5, 0.6) is 0 Å². The minimum atomic E-state index is -0.492. The number of nitrogens with one attached hydrogen (secondary N) is 1. The Balaban J connectivity index is 2.11. The molecule has 6 nitrogen and oxygen atoms in total. The SMILES string of the molecule is CCC(C)C(Nc1nc(-c2ccncc2)nc2ccccc12)C(N)=O. The molecule has 128 valence electrons. The number of para-hydroxylation sites is 1. The van der Waals surface area contributed by atoms with Crippen LogP contribution in [-0.2, 0) is 4.79 Å². The van der Waals surface area contributed by atoms with Gasteiger partial charge < -0.3 is 11.1 Å². The first kappa shape index (κ1) is 16.8. The zero-order valence-electron chi connectivity index (χ0n) is 14.3. The average Bonchev–Trinajstić information content (AvgIpc) is 2.65. The fraction of sp³-hybridized carbons (Fsp3) is 0.263. The highest BCUT2D eigenvalue weighted by atomic mass is 16.1. The van der Waals surface area contributed by atoms with E-state index in [1.165, 1.54) is 0 Å². The van der Waals surface area contributed by atoms with Gasteiger partial charge in [-0.05, 0) is 30.2 Å². The van der Waals surface area contributed by atoms with Crippen molar-refractivity contribution in [2.45, 2.75) is 26.3 Å². The van der Waals surface area contributed by atoms with Crippen molar-refractivity contribution in [2.75, 3.05) is 5.32 Å². The number of hydrogen-bond donors (Lipinski definition) is 2. The summed E-state index contributed by atoms with van der Waals surface area (Å²) in [5, 5.41) is 4.10. The van der Waals surface area contributed by atoms with Crippen molar-refractivity contribution in [3.8, 4) is 11.4 Å². The third-order valence-electron chi connectivity index (χ3n) is 4.35. The van der Waals surface area contributed by atoms with Gasteiger partial charge in [0, 0.05) is 23.3 Å². The molecule has 0 spiro atoms. The predicted octanol–water partition coefficient (Wildman–Crippen LogP) is 3.00. The van der Waals surface area contributed by atoms with Crippen LogP contribution < -0.4 is 11.1 Å². The van der Waals surface area contributed by atoms with Crippen molar-refractivity contribution < 1.29 is 4.79 Å². The molecule has 2 unspecified atom stereocenters. The van der Waals surface area contributed by atoms with Gasteiger partial charge in [0.1, 0.15) is 11.9 Å². The fourth-order valence-electron chi connectivity index (χ4n) is 2.69. The van der Waals surface area contributed by atoms with Crippen molar-refractivity contribution in [2.24, 2.45) is 11.7 Å². The minimum absolute atomic E-state index is 0.0932. The molecule has 0 saturated heterocycles. The third kappa shape index (κ3) is 3.57. The molecule has 0 radical (unpaired) electrons. The summed E-state index contributed by atoms with van der Waals surface area (Å²) in [4.78, 5) is 25.2. The lowest BCUT2D eigenvalue weighted by molar-refractivity contribution is -0.119. The van der Waals surface area contributed by atoms with Gasteiger partial charge in [0.15, 0.2) is 5.82 Å². The summed E-state index contributed by atoms with van der Waals surface area (Å²) in [6.07, 6.45) is 4.24. The third-order valence-corrected chi connectivity index (χ3v) is 4.35. The van der Waals surface area contributed by atoms with Gasteiger partial charge in [-0.1, -0.05) is 32.4 Å². The number of nitrogens with two attached hydrogens (primary N) is 1. The predicted molar refractivity (Wildman–Crippen MR) is 98.8 cm³/mol. The van der Waals surface area contributed by atoms with E-state index in [0.29, 0.717) is 11.6 Å². The zero-order valence-corrected chi connectivity index (χ0v) is 14.3. The van der Waals surface area contributed by atoms with Crippen molar-refractivity contribution in [3.05, 3.63) is 48.8 Å². The fourth-order valence-corrected chi connectivity index (χ4v) is 2.69. The first-order chi connectivity index (χ1) is 12.1. The number of rotatable bonds is 6. The molecule has 2 atom stereocenters. The van der Waals surface area contributed by atoms with Crippen LogP contribution in [0.25, 0.3) is 22.3 Å². The smallest absolute Gasteiger partial charge is 0.240 e. The van der Waals surface area contributed by atoms with Crippen LogP contribution >= 0.6 is 0 Å². The summed E-state index contributed by atoms with van der Waals surface area (Å²) >= 11 is 0. The number of fused-ring (bicyclic) bond motifs is 1. The highest BCUT2D eigenvalue weighted by Gasteiger charge is 2.23. The first-order valence-electron chi connectivity index (χ1n) is 8.33. The number of hydrogen-bond acceptors (Lipinski definition) is 5. The first-order valence-corrected chi connectivity index (χ1v) is 8.33. The largest absolute Gasteiger partial charge is 0.368 e. The van der Waals surface area contributed by atoms with Crippen molar-refractivity contribution >= 4 is 22.6 Å². The van der Waals surface area contributed by atoms with E-state index in [1.807, 2.05) is 50.2 Å². The maximum atomic E-state index is 11.9. The van der Waals surface area contributed by atoms with Crippen LogP contribution in [0, 0.1) is 5.92 Å². The Morgan fingerprint density at radius 2 is 1.88 bits per heavy atom. The van der Waals surface area contributed by atoms with Crippen LogP contribution in [0.3, 0.4) is 0 Å². The summed E-state index contributed by atoms with van der Waals surface area (Å²) in [6.45, 7) is 4.03. The molecule has 2 aromatic heterocycles. The Labute approximate surface area is 146 Å². The molecule has 1 aromatic carbocycles. The number of aromatic nitrogens is 3. The van der Waals surface area contributed by atoms with E-state index in [9.17, 15) is 4.79 Å². The summed E-state index contributed by atoms with van der Waals surface area (Å²) in [7, 11) is 0. The Morgan fingerprint density at radius 3 is 2.56 bits per heavy atom. The number of nitrogens with zero attached hydrogens (tertiary/aromatic N) is 3. The second kappa shape index (κ2) is 7.25. The summed E-state index contributed by atoms with van der Waals surface area (Å²) in [5.74, 6) is 0.899. The lowest BCUT2D eigenvalue weighted by Crippen LogP contribution is -2.40. The lowest BCUT2D eigenvalue weighted by Gasteiger charge is -2.22. The van der Waals surface area contributed by atoms with Crippen LogP contribution in [0.2, 0.25) is 0 Å². The van der Waals surface area contributed by atoms with Crippen LogP contribution in [0.15, 0.2) is 48.8 Å². The van der Waals surface area contributed by atoms with Gasteiger partial charge in [0.05, 0.1) is 5.52 Å². The number of primary amides is 1. The van der Waals surface area contributed by atoms with Gasteiger partial charge >= 0.3 is 0 Å². The van der Waals surface area contributed by atoms with Gasteiger partial charge in [0.25, 0.3) is 0 Å². The monoisotopic (exact) mass is 335 g/mol. The van der Waals surface area contributed by atoms with Crippen molar-refractivity contribution in [1.29, 1.82) is 0 Å². The van der Waals surface area contributed by atoms with Crippen LogP contribution in [0.4, 0.5) is 5.82 Å². The molecule has 0 fully saturated rings. The van der Waals surface area contributed by atoms with Gasteiger partial charge in [-0.3, -0.25) is 9.78 Å². The Morgan fingerprint density at radius 1 is 1.16 bits per heavy atom. The number of amides is 1. The highest BCUT2D eigenvalue weighted by Crippen LogP contribution is 2.26. The number of pyridine rings is 1. The number of carbonyl (C=O) groups excluding carboxylic acids is 1. The average molecular weight is 335 g/mol. The Hall–Kier alpha value is -3.02. The van der Waals surface area contributed by atoms with Crippen LogP contribution in [0.1, 0.15) is 20.3 Å². The van der Waals surface area contributed by atoms with E-state index in [1.54, 1.807) is 12.4 Å². The molecule has 0 aliphatic heterocycles. The minimum Gasteiger partial charge on any atom is -0.368 e. The van der Waals surface area contributed by atoms with Gasteiger partial charge in [-0.25, -0.2) is 9.97 Å². The molecule has 0 aliphatic carbocycles. The van der Waals surface area contributed by atoms with Gasteiger partial charge in [-0.15, -0.1) is 0 Å². The maximum Gasteiger partial charge on any atom is 0.240 e. The molecule has 3 rings (SSSR count). The molecule has 3 aromatic rings. The second-order valence-corrected chi connectivity index (χ2v) is 6.06. The number of anilines is 1. The summed E-state index contributed by atoms with van der Waals surface area (Å²) in [5.41, 5.74) is 7.27. The van der Waals surface area contributed by atoms with E-state index in [2.05, 4.69) is 20.3 Å². The summed E-state index contributed by atoms with van der Waals surface area (Å²) in [6, 6.07) is 10.9. The van der Waals surface area contributed by atoms with Gasteiger partial charge in [-0.2, -0.15) is 0 Å². The molecular weight excluding hydrogens is 314 g/mol. The van der Waals surface area contributed by atoms with E-state index < -0.39 is 6.04 Å². The van der Waals surface area contributed by atoms with Crippen molar-refractivity contribution in [3.63, 3.8) is 0 Å². The van der Waals surface area contributed by atoms with Crippen molar-refractivity contribution in [1.82, 2.24) is 15.0 Å². The molecule has 25 heavy (non-hydrogen) atoms. The van der Waals surface area contributed by atoms with E-state index in [0.717, 1.165) is 22.9 Å². The molecular formula is C19H21N5O. The maximum absolute atomic E-state index is 11.9. The molecule has 0 aliphatic rings. The highest BCUT2D eigenvalue weighted by molar-refractivity contribution is 5.93. The molecule has 3 N–H and O–H groups in total. The van der Waals surface area contributed by atoms with E-state index in [-0.39, 0.29) is 11.8 Å². The topological polar surface area (TPSA) is 93.8 Å². The van der Waals surface area contributed by atoms with Gasteiger partial charge in [0.2, 0.25) is 5.91 Å². The molecule has 1 amide bonds. The Bertz CT molecular complexity index is 881. The van der Waals surface area contributed by atoms with E-state index in [4.69, 9.17) is 5.73 Å². The Kier molecular flexibility index (Phi) is 4.88. The molecule has 6 heteroatoms. The quantitative estimate of drug-likeness (QED) is 0.722. The molecule has 2 heterocycles. The lowest BCUT2D eigenvalue weighted by atomic mass is 9.98. The molecule has 0 saturated carbocycles.